The van der Waals surface area contributed by atoms with E-state index in [-0.39, 0.29) is 22.1 Å². The Balaban J connectivity index is 1.68. The van der Waals surface area contributed by atoms with E-state index in [9.17, 15) is 19.2 Å². The van der Waals surface area contributed by atoms with Gasteiger partial charge in [-0.1, -0.05) is 41.9 Å². The highest BCUT2D eigenvalue weighted by atomic mass is 35.5. The number of nitrogens with zero attached hydrogens (tertiary/aromatic N) is 1. The maximum atomic E-state index is 12.5. The minimum Gasteiger partial charge on any atom is -0.462 e. The van der Waals surface area contributed by atoms with Crippen molar-refractivity contribution in [3.05, 3.63) is 69.6 Å². The van der Waals surface area contributed by atoms with Crippen LogP contribution < -0.4 is 5.32 Å². The molecule has 3 amide bonds. The molecule has 0 atom stereocenters. The second-order valence-corrected chi connectivity index (χ2v) is 7.54. The Hall–Kier alpha value is -3.10. The van der Waals surface area contributed by atoms with Crippen LogP contribution in [0.3, 0.4) is 0 Å². The number of ether oxygens (including phenoxy) is 1. The molecule has 1 fully saturated rings. The SMILES string of the molecule is CCOC(=O)c1cc(NC(=O)CN2C(=O)S/C(=C/c3ccccc3)C2=O)ccc1Cl. The fourth-order valence-corrected chi connectivity index (χ4v) is 3.68. The van der Waals surface area contributed by atoms with E-state index < -0.39 is 29.6 Å². The Bertz CT molecular complexity index is 1040. The minimum atomic E-state index is -0.615. The maximum Gasteiger partial charge on any atom is 0.339 e. The molecule has 3 rings (SSSR count). The molecule has 0 bridgehead atoms. The molecule has 1 N–H and O–H groups in total. The highest BCUT2D eigenvalue weighted by molar-refractivity contribution is 8.18. The zero-order chi connectivity index (χ0) is 21.7. The monoisotopic (exact) mass is 444 g/mol. The number of carbonyl (C=O) groups is 4. The number of carbonyl (C=O) groups excluding carboxylic acids is 4. The Morgan fingerprint density at radius 1 is 1.17 bits per heavy atom. The topological polar surface area (TPSA) is 92.8 Å². The van der Waals surface area contributed by atoms with Crippen LogP contribution in [0.4, 0.5) is 10.5 Å². The van der Waals surface area contributed by atoms with Crippen LogP contribution in [0.25, 0.3) is 6.08 Å². The molecule has 7 nitrogen and oxygen atoms in total. The molecule has 154 valence electrons. The van der Waals surface area contributed by atoms with Crippen molar-refractivity contribution in [1.29, 1.82) is 0 Å². The predicted octanol–water partition coefficient (Wildman–Crippen LogP) is 4.19. The van der Waals surface area contributed by atoms with Crippen LogP contribution in [-0.2, 0) is 14.3 Å². The molecule has 0 radical (unpaired) electrons. The summed E-state index contributed by atoms with van der Waals surface area (Å²) >= 11 is 6.78. The van der Waals surface area contributed by atoms with Crippen molar-refractivity contribution < 1.29 is 23.9 Å². The van der Waals surface area contributed by atoms with Gasteiger partial charge in [-0.15, -0.1) is 0 Å². The first-order valence-corrected chi connectivity index (χ1v) is 10.2. The standard InChI is InChI=1S/C21H17ClN2O5S/c1-2-29-20(27)15-11-14(8-9-16(15)22)23-18(25)12-24-19(26)17(30-21(24)28)10-13-6-4-3-5-7-13/h3-11H,2,12H2,1H3,(H,23,25)/b17-10+. The van der Waals surface area contributed by atoms with Gasteiger partial charge in [0.15, 0.2) is 0 Å². The Morgan fingerprint density at radius 2 is 1.90 bits per heavy atom. The molecule has 0 unspecified atom stereocenters. The average Bonchev–Trinajstić information content (AvgIpc) is 2.97. The summed E-state index contributed by atoms with van der Waals surface area (Å²) in [4.78, 5) is 50.2. The predicted molar refractivity (Wildman–Crippen MR) is 115 cm³/mol. The first-order valence-electron chi connectivity index (χ1n) is 8.96. The number of esters is 1. The zero-order valence-corrected chi connectivity index (χ0v) is 17.5. The van der Waals surface area contributed by atoms with Crippen molar-refractivity contribution in [3.63, 3.8) is 0 Å². The van der Waals surface area contributed by atoms with Crippen molar-refractivity contribution in [3.8, 4) is 0 Å². The molecule has 1 aliphatic heterocycles. The van der Waals surface area contributed by atoms with Crippen LogP contribution >= 0.6 is 23.4 Å². The third kappa shape index (κ3) is 5.08. The van der Waals surface area contributed by atoms with Crippen molar-refractivity contribution in [2.24, 2.45) is 0 Å². The summed E-state index contributed by atoms with van der Waals surface area (Å²) in [6, 6.07) is 13.4. The molecule has 2 aromatic carbocycles. The fourth-order valence-electron chi connectivity index (χ4n) is 2.65. The van der Waals surface area contributed by atoms with E-state index >= 15 is 0 Å². The van der Waals surface area contributed by atoms with E-state index in [1.807, 2.05) is 30.3 Å². The van der Waals surface area contributed by atoms with E-state index in [1.165, 1.54) is 18.2 Å². The van der Waals surface area contributed by atoms with Gasteiger partial charge in [0.05, 0.1) is 22.1 Å². The molecule has 0 saturated carbocycles. The van der Waals surface area contributed by atoms with Crippen molar-refractivity contribution >= 4 is 58.1 Å². The average molecular weight is 445 g/mol. The normalized spacial score (nSPS) is 14.9. The van der Waals surface area contributed by atoms with Crippen molar-refractivity contribution in [2.45, 2.75) is 6.92 Å². The fraction of sp³-hybridized carbons (Fsp3) is 0.143. The van der Waals surface area contributed by atoms with Crippen molar-refractivity contribution in [2.75, 3.05) is 18.5 Å². The molecule has 1 saturated heterocycles. The maximum absolute atomic E-state index is 12.5. The molecule has 2 aromatic rings. The zero-order valence-electron chi connectivity index (χ0n) is 15.9. The lowest BCUT2D eigenvalue weighted by Gasteiger charge is -2.13. The number of imide groups is 1. The lowest BCUT2D eigenvalue weighted by molar-refractivity contribution is -0.127. The Morgan fingerprint density at radius 3 is 2.60 bits per heavy atom. The Kier molecular flexibility index (Phi) is 6.91. The second-order valence-electron chi connectivity index (χ2n) is 6.14. The highest BCUT2D eigenvalue weighted by Gasteiger charge is 2.36. The molecule has 0 spiro atoms. The molecular weight excluding hydrogens is 428 g/mol. The summed E-state index contributed by atoms with van der Waals surface area (Å²) in [6.45, 7) is 1.40. The molecule has 0 aromatic heterocycles. The van der Waals surface area contributed by atoms with Crippen LogP contribution in [0.5, 0.6) is 0 Å². The molecule has 1 aliphatic rings. The van der Waals surface area contributed by atoms with E-state index in [0.717, 1.165) is 22.2 Å². The number of rotatable bonds is 6. The second kappa shape index (κ2) is 9.60. The minimum absolute atomic E-state index is 0.105. The first kappa shape index (κ1) is 21.6. The summed E-state index contributed by atoms with van der Waals surface area (Å²) in [6.07, 6.45) is 1.60. The number of nitrogens with one attached hydrogen (secondary N) is 1. The van der Waals surface area contributed by atoms with Gasteiger partial charge >= 0.3 is 5.97 Å². The third-order valence-electron chi connectivity index (χ3n) is 4.02. The van der Waals surface area contributed by atoms with Crippen LogP contribution in [0.15, 0.2) is 53.4 Å². The summed E-state index contributed by atoms with van der Waals surface area (Å²) < 4.78 is 4.92. The molecule has 30 heavy (non-hydrogen) atoms. The summed E-state index contributed by atoms with van der Waals surface area (Å²) in [5.41, 5.74) is 1.17. The van der Waals surface area contributed by atoms with E-state index in [4.69, 9.17) is 16.3 Å². The number of hydrogen-bond acceptors (Lipinski definition) is 6. The lowest BCUT2D eigenvalue weighted by Crippen LogP contribution is -2.36. The molecule has 1 heterocycles. The van der Waals surface area contributed by atoms with Gasteiger partial charge < -0.3 is 10.1 Å². The van der Waals surface area contributed by atoms with Gasteiger partial charge in [0.25, 0.3) is 11.1 Å². The number of hydrogen-bond donors (Lipinski definition) is 1. The van der Waals surface area contributed by atoms with Gasteiger partial charge in [-0.2, -0.15) is 0 Å². The summed E-state index contributed by atoms with van der Waals surface area (Å²) in [5.74, 6) is -1.74. The highest BCUT2D eigenvalue weighted by Crippen LogP contribution is 2.32. The number of thioether (sulfide) groups is 1. The van der Waals surface area contributed by atoms with Gasteiger partial charge in [-0.3, -0.25) is 19.3 Å². The van der Waals surface area contributed by atoms with Crippen LogP contribution in [0, 0.1) is 0 Å². The molecular formula is C21H17ClN2O5S. The molecule has 0 aliphatic carbocycles. The van der Waals surface area contributed by atoms with Gasteiger partial charge in [-0.05, 0) is 48.5 Å². The van der Waals surface area contributed by atoms with Crippen molar-refractivity contribution in [1.82, 2.24) is 4.90 Å². The van der Waals surface area contributed by atoms with Gasteiger partial charge in [0.2, 0.25) is 5.91 Å². The van der Waals surface area contributed by atoms with E-state index in [1.54, 1.807) is 13.0 Å². The number of anilines is 1. The lowest BCUT2D eigenvalue weighted by atomic mass is 10.2. The smallest absolute Gasteiger partial charge is 0.339 e. The van der Waals surface area contributed by atoms with Gasteiger partial charge in [-0.25, -0.2) is 4.79 Å². The van der Waals surface area contributed by atoms with E-state index in [0.29, 0.717) is 5.69 Å². The van der Waals surface area contributed by atoms with Crippen LogP contribution in [0.2, 0.25) is 5.02 Å². The van der Waals surface area contributed by atoms with Gasteiger partial charge in [0, 0.05) is 5.69 Å². The third-order valence-corrected chi connectivity index (χ3v) is 5.26. The van der Waals surface area contributed by atoms with Crippen LogP contribution in [0.1, 0.15) is 22.8 Å². The number of benzene rings is 2. The number of amides is 3. The largest absolute Gasteiger partial charge is 0.462 e. The first-order chi connectivity index (χ1) is 14.4. The van der Waals surface area contributed by atoms with Crippen LogP contribution in [-0.4, -0.2) is 41.1 Å². The molecule has 9 heteroatoms. The summed E-state index contributed by atoms with van der Waals surface area (Å²) in [5, 5.41) is 2.22. The van der Waals surface area contributed by atoms with E-state index in [2.05, 4.69) is 5.32 Å². The Labute approximate surface area is 182 Å². The summed E-state index contributed by atoms with van der Waals surface area (Å²) in [7, 11) is 0. The quantitative estimate of drug-likeness (QED) is 0.530. The van der Waals surface area contributed by atoms with Gasteiger partial charge in [0.1, 0.15) is 6.54 Å². The number of halogens is 1.